The lowest BCUT2D eigenvalue weighted by Gasteiger charge is -2.16. The molecule has 0 bridgehead atoms. The van der Waals surface area contributed by atoms with E-state index in [2.05, 4.69) is 15.9 Å². The summed E-state index contributed by atoms with van der Waals surface area (Å²) >= 11 is 3.48. The number of likely N-dealkylation sites (tertiary alicyclic amines) is 1. The Balaban J connectivity index is 1.59. The zero-order valence-corrected chi connectivity index (χ0v) is 18.7. The Bertz CT molecular complexity index is 1350. The van der Waals surface area contributed by atoms with Crippen LogP contribution in [0.15, 0.2) is 89.4 Å². The fourth-order valence-electron chi connectivity index (χ4n) is 4.23. The number of rotatable bonds is 4. The third-order valence-corrected chi connectivity index (χ3v) is 6.30. The fraction of sp³-hybridized carbons (Fsp3) is 0.115. The summed E-state index contributed by atoms with van der Waals surface area (Å²) in [5.74, 6) is -1.43. The van der Waals surface area contributed by atoms with Crippen molar-refractivity contribution in [1.82, 2.24) is 9.47 Å². The molecule has 1 aromatic heterocycles. The van der Waals surface area contributed by atoms with E-state index >= 15 is 0 Å². The average Bonchev–Trinajstić information content (AvgIpc) is 3.32. The van der Waals surface area contributed by atoms with Crippen molar-refractivity contribution in [3.63, 3.8) is 0 Å². The second-order valence-corrected chi connectivity index (χ2v) is 8.76. The molecule has 0 spiro atoms. The van der Waals surface area contributed by atoms with Crippen LogP contribution in [0.1, 0.15) is 34.0 Å². The summed E-state index contributed by atoms with van der Waals surface area (Å²) in [5.41, 5.74) is 2.65. The summed E-state index contributed by atoms with van der Waals surface area (Å²) in [6, 6.07) is 25.9. The van der Waals surface area contributed by atoms with Crippen LogP contribution in [0, 0.1) is 0 Å². The van der Waals surface area contributed by atoms with E-state index in [1.54, 1.807) is 28.8 Å². The first-order valence-corrected chi connectivity index (χ1v) is 11.1. The molecule has 5 rings (SSSR count). The molecule has 1 fully saturated rings. The molecule has 0 radical (unpaired) electrons. The van der Waals surface area contributed by atoms with Gasteiger partial charge in [-0.1, -0.05) is 70.5 Å². The molecule has 0 aliphatic carbocycles. The van der Waals surface area contributed by atoms with Gasteiger partial charge >= 0.3 is 0 Å². The smallest absolute Gasteiger partial charge is 0.262 e. The van der Waals surface area contributed by atoms with Crippen LogP contribution in [0.2, 0.25) is 0 Å². The number of hydrogen-bond donors (Lipinski definition) is 0. The van der Waals surface area contributed by atoms with Crippen LogP contribution in [0.4, 0.5) is 0 Å². The first-order valence-electron chi connectivity index (χ1n) is 10.3. The van der Waals surface area contributed by atoms with E-state index in [1.165, 1.54) is 4.90 Å². The number of benzene rings is 3. The van der Waals surface area contributed by atoms with Gasteiger partial charge in [-0.05, 0) is 35.9 Å². The molecule has 1 saturated heterocycles. The Kier molecular flexibility index (Phi) is 5.23. The van der Waals surface area contributed by atoms with Crippen LogP contribution in [-0.2, 0) is 16.1 Å². The number of carbonyl (C=O) groups excluding carboxylic acids is 3. The van der Waals surface area contributed by atoms with Gasteiger partial charge in [0, 0.05) is 27.5 Å². The zero-order chi connectivity index (χ0) is 22.2. The molecule has 158 valence electrons. The van der Waals surface area contributed by atoms with Gasteiger partial charge < -0.3 is 0 Å². The first-order chi connectivity index (χ1) is 15.5. The van der Waals surface area contributed by atoms with Crippen molar-refractivity contribution in [3.8, 4) is 0 Å². The van der Waals surface area contributed by atoms with Gasteiger partial charge in [0.25, 0.3) is 5.91 Å². The number of aromatic nitrogens is 1. The lowest BCUT2D eigenvalue weighted by molar-refractivity contribution is -0.139. The summed E-state index contributed by atoms with van der Waals surface area (Å²) < 4.78 is 2.41. The molecule has 0 N–H and O–H groups in total. The highest BCUT2D eigenvalue weighted by Gasteiger charge is 2.41. The van der Waals surface area contributed by atoms with Crippen molar-refractivity contribution in [3.05, 3.63) is 106 Å². The number of imide groups is 1. The third kappa shape index (κ3) is 3.56. The van der Waals surface area contributed by atoms with E-state index in [4.69, 9.17) is 0 Å². The monoisotopic (exact) mass is 486 g/mol. The fourth-order valence-corrected chi connectivity index (χ4v) is 4.58. The van der Waals surface area contributed by atoms with Gasteiger partial charge in [0.1, 0.15) is 0 Å². The number of fused-ring (bicyclic) bond motifs is 1. The van der Waals surface area contributed by atoms with Gasteiger partial charge in [-0.25, -0.2) is 0 Å². The minimum atomic E-state index is -0.704. The number of nitrogens with zero attached hydrogens (tertiary/aromatic N) is 2. The van der Waals surface area contributed by atoms with E-state index in [0.717, 1.165) is 15.4 Å². The Hall–Kier alpha value is -3.51. The molecule has 2 heterocycles. The van der Waals surface area contributed by atoms with Crippen molar-refractivity contribution in [2.45, 2.75) is 18.9 Å². The molecule has 6 heteroatoms. The maximum absolute atomic E-state index is 13.5. The Morgan fingerprint density at radius 1 is 0.906 bits per heavy atom. The van der Waals surface area contributed by atoms with Gasteiger partial charge in [-0.15, -0.1) is 0 Å². The zero-order valence-electron chi connectivity index (χ0n) is 17.1. The van der Waals surface area contributed by atoms with Crippen LogP contribution in [0.25, 0.3) is 10.9 Å². The van der Waals surface area contributed by atoms with Crippen LogP contribution in [-0.4, -0.2) is 27.2 Å². The standard InChI is InChI=1S/C26H19BrN2O3/c27-20-12-11-19-13-23(29(22(19)14-20)25(31)18-9-5-2-6-10-18)21-15-24(30)28(26(21)32)16-17-7-3-1-4-8-17/h1-14,21H,15-16H2. The Morgan fingerprint density at radius 3 is 2.31 bits per heavy atom. The van der Waals surface area contributed by atoms with Gasteiger partial charge in [-0.2, -0.15) is 0 Å². The molecule has 32 heavy (non-hydrogen) atoms. The summed E-state index contributed by atoms with van der Waals surface area (Å²) in [4.78, 5) is 40.9. The average molecular weight is 487 g/mol. The quantitative estimate of drug-likeness (QED) is 0.375. The second kappa shape index (κ2) is 8.20. The molecule has 2 amide bonds. The van der Waals surface area contributed by atoms with Crippen molar-refractivity contribution in [2.24, 2.45) is 0 Å². The van der Waals surface area contributed by atoms with E-state index in [9.17, 15) is 14.4 Å². The van der Waals surface area contributed by atoms with Crippen LogP contribution in [0.3, 0.4) is 0 Å². The van der Waals surface area contributed by atoms with Gasteiger partial charge in [0.15, 0.2) is 0 Å². The molecular formula is C26H19BrN2O3. The lowest BCUT2D eigenvalue weighted by atomic mass is 10.0. The van der Waals surface area contributed by atoms with Crippen molar-refractivity contribution >= 4 is 44.6 Å². The van der Waals surface area contributed by atoms with Crippen molar-refractivity contribution in [2.75, 3.05) is 0 Å². The summed E-state index contributed by atoms with van der Waals surface area (Å²) in [6.45, 7) is 0.230. The van der Waals surface area contributed by atoms with E-state index < -0.39 is 5.92 Å². The summed E-state index contributed by atoms with van der Waals surface area (Å²) in [6.07, 6.45) is 0.0469. The maximum Gasteiger partial charge on any atom is 0.262 e. The van der Waals surface area contributed by atoms with E-state index in [1.807, 2.05) is 60.7 Å². The minimum absolute atomic E-state index is 0.0469. The predicted molar refractivity (Wildman–Crippen MR) is 125 cm³/mol. The van der Waals surface area contributed by atoms with Crippen molar-refractivity contribution < 1.29 is 14.4 Å². The SMILES string of the molecule is O=C1CC(c2cc3ccc(Br)cc3n2C(=O)c2ccccc2)C(=O)N1Cc1ccccc1. The van der Waals surface area contributed by atoms with Gasteiger partial charge in [0.2, 0.25) is 11.8 Å². The summed E-state index contributed by atoms with van der Waals surface area (Å²) in [5, 5.41) is 0.842. The predicted octanol–water partition coefficient (Wildman–Crippen LogP) is 5.14. The second-order valence-electron chi connectivity index (χ2n) is 7.84. The molecule has 4 aromatic rings. The molecule has 1 unspecified atom stereocenters. The van der Waals surface area contributed by atoms with E-state index in [-0.39, 0.29) is 30.7 Å². The Morgan fingerprint density at radius 2 is 1.59 bits per heavy atom. The van der Waals surface area contributed by atoms with Crippen LogP contribution >= 0.6 is 15.9 Å². The molecule has 1 aliphatic heterocycles. The summed E-state index contributed by atoms with van der Waals surface area (Å²) in [7, 11) is 0. The van der Waals surface area contributed by atoms with Gasteiger partial charge in [-0.3, -0.25) is 23.9 Å². The number of amides is 2. The highest BCUT2D eigenvalue weighted by molar-refractivity contribution is 9.10. The van der Waals surface area contributed by atoms with Crippen LogP contribution in [0.5, 0.6) is 0 Å². The highest BCUT2D eigenvalue weighted by atomic mass is 79.9. The number of hydrogen-bond acceptors (Lipinski definition) is 3. The van der Waals surface area contributed by atoms with Crippen molar-refractivity contribution in [1.29, 1.82) is 0 Å². The largest absolute Gasteiger partial charge is 0.279 e. The molecule has 3 aromatic carbocycles. The Labute approximate surface area is 193 Å². The van der Waals surface area contributed by atoms with Gasteiger partial charge in [0.05, 0.1) is 18.0 Å². The molecule has 5 nitrogen and oxygen atoms in total. The lowest BCUT2D eigenvalue weighted by Crippen LogP contribution is -2.30. The molecule has 1 aliphatic rings. The number of carbonyl (C=O) groups is 3. The third-order valence-electron chi connectivity index (χ3n) is 5.80. The first kappa shape index (κ1) is 20.4. The molecule has 0 saturated carbocycles. The normalized spacial score (nSPS) is 16.2. The van der Waals surface area contributed by atoms with Crippen LogP contribution < -0.4 is 0 Å². The topological polar surface area (TPSA) is 59.4 Å². The number of halogens is 1. The molecular weight excluding hydrogens is 468 g/mol. The molecule has 1 atom stereocenters. The minimum Gasteiger partial charge on any atom is -0.279 e. The highest BCUT2D eigenvalue weighted by Crippen LogP contribution is 2.35. The van der Waals surface area contributed by atoms with E-state index in [0.29, 0.717) is 16.8 Å². The maximum atomic E-state index is 13.5.